The zero-order valence-electron chi connectivity index (χ0n) is 13.6. The van der Waals surface area contributed by atoms with Crippen molar-refractivity contribution in [2.24, 2.45) is 0 Å². The summed E-state index contributed by atoms with van der Waals surface area (Å²) in [5.41, 5.74) is 0. The van der Waals surface area contributed by atoms with Crippen LogP contribution < -0.4 is 0 Å². The minimum atomic E-state index is -0.125. The zero-order valence-corrected chi connectivity index (χ0v) is 15.2. The summed E-state index contributed by atoms with van der Waals surface area (Å²) in [4.78, 5) is 30.1. The van der Waals surface area contributed by atoms with Crippen LogP contribution in [0.15, 0.2) is 35.5 Å². The molecule has 0 bridgehead atoms. The maximum Gasteiger partial charge on any atom is 0.155 e. The standard InChI is InChI=1S/3C5H8O2.Lu/c3*1-4(6)3-5(2)7;/h3*3,6H,1-2H3;. The molecule has 0 aromatic rings. The molecule has 0 aromatic heterocycles. The largest absolute Gasteiger partial charge is 0.512 e. The number of ketones is 3. The quantitative estimate of drug-likeness (QED) is 0.427. The molecule has 7 heteroatoms. The van der Waals surface area contributed by atoms with E-state index in [1.807, 2.05) is 0 Å². The van der Waals surface area contributed by atoms with E-state index < -0.39 is 0 Å². The Bertz CT molecular complexity index is 368. The van der Waals surface area contributed by atoms with Gasteiger partial charge in [0.1, 0.15) is 0 Å². The van der Waals surface area contributed by atoms with Crippen LogP contribution in [0.25, 0.3) is 0 Å². The molecule has 0 saturated carbocycles. The van der Waals surface area contributed by atoms with Crippen LogP contribution in [0.4, 0.5) is 0 Å². The Labute approximate surface area is 160 Å². The molecule has 135 valence electrons. The van der Waals surface area contributed by atoms with Crippen LogP contribution in [0.2, 0.25) is 0 Å². The molecule has 0 heterocycles. The van der Waals surface area contributed by atoms with Crippen molar-refractivity contribution in [1.29, 1.82) is 0 Å². The Morgan fingerprint density at radius 3 is 0.682 bits per heavy atom. The van der Waals surface area contributed by atoms with Crippen molar-refractivity contribution in [1.82, 2.24) is 0 Å². The van der Waals surface area contributed by atoms with E-state index in [-0.39, 0.29) is 71.5 Å². The first-order valence-corrected chi connectivity index (χ1v) is 6.02. The summed E-state index contributed by atoms with van der Waals surface area (Å²) < 4.78 is 0. The molecular formula is C15H24LuO6. The van der Waals surface area contributed by atoms with Crippen molar-refractivity contribution in [3.05, 3.63) is 35.5 Å². The minimum absolute atomic E-state index is 0. The number of aliphatic hydroxyl groups excluding tert-OH is 3. The Kier molecular flexibility index (Phi) is 23.6. The van der Waals surface area contributed by atoms with E-state index in [1.165, 1.54) is 59.8 Å². The van der Waals surface area contributed by atoms with E-state index in [0.29, 0.717) is 0 Å². The van der Waals surface area contributed by atoms with Crippen molar-refractivity contribution in [3.8, 4) is 0 Å². The molecule has 1 radical (unpaired) electrons. The molecule has 0 aliphatic heterocycles. The Morgan fingerprint density at radius 2 is 0.682 bits per heavy atom. The molecule has 0 aliphatic rings. The number of hydrogen-bond acceptors (Lipinski definition) is 6. The average Bonchev–Trinajstić information content (AvgIpc) is 2.10. The summed E-state index contributed by atoms with van der Waals surface area (Å²) in [6, 6.07) is 0. The first-order chi connectivity index (χ1) is 9.38. The van der Waals surface area contributed by atoms with Crippen molar-refractivity contribution in [2.75, 3.05) is 0 Å². The first kappa shape index (κ1) is 28.9. The van der Waals surface area contributed by atoms with Crippen LogP contribution in [0, 0.1) is 36.9 Å². The minimum Gasteiger partial charge on any atom is -0.512 e. The van der Waals surface area contributed by atoms with Crippen LogP contribution in [-0.4, -0.2) is 32.7 Å². The molecule has 0 spiro atoms. The first-order valence-electron chi connectivity index (χ1n) is 6.02. The van der Waals surface area contributed by atoms with Gasteiger partial charge in [-0.3, -0.25) is 14.4 Å². The SMILES string of the molecule is CC(=O)C=C(C)O.CC(=O)C=C(C)O.CC(=O)C=C(C)O.[Lu]. The Hall–Kier alpha value is -1.14. The van der Waals surface area contributed by atoms with Gasteiger partial charge in [0.15, 0.2) is 17.3 Å². The number of carbonyl (C=O) groups excluding carboxylic acids is 3. The fraction of sp³-hybridized carbons (Fsp3) is 0.400. The third-order valence-corrected chi connectivity index (χ3v) is 1.24. The van der Waals surface area contributed by atoms with Crippen LogP contribution in [0.1, 0.15) is 41.5 Å². The van der Waals surface area contributed by atoms with E-state index in [0.717, 1.165) is 0 Å². The molecular weight excluding hydrogens is 451 g/mol. The van der Waals surface area contributed by atoms with Gasteiger partial charge in [-0.25, -0.2) is 0 Å². The van der Waals surface area contributed by atoms with Gasteiger partial charge in [0.05, 0.1) is 17.3 Å². The second-order valence-electron chi connectivity index (χ2n) is 4.19. The predicted octanol–water partition coefficient (Wildman–Crippen LogP) is 3.11. The Morgan fingerprint density at radius 1 is 0.545 bits per heavy atom. The molecule has 0 atom stereocenters. The normalized spacial score (nSPS) is 10.9. The summed E-state index contributed by atoms with van der Waals surface area (Å²) in [5, 5.41) is 25.1. The smallest absolute Gasteiger partial charge is 0.155 e. The van der Waals surface area contributed by atoms with Gasteiger partial charge in [-0.05, 0) is 41.5 Å². The number of carbonyl (C=O) groups is 3. The topological polar surface area (TPSA) is 112 Å². The van der Waals surface area contributed by atoms with Gasteiger partial charge in [0.2, 0.25) is 0 Å². The molecule has 0 unspecified atom stereocenters. The maximum absolute atomic E-state index is 10.0. The van der Waals surface area contributed by atoms with Gasteiger partial charge in [-0.2, -0.15) is 0 Å². The van der Waals surface area contributed by atoms with Crippen LogP contribution >= 0.6 is 0 Å². The van der Waals surface area contributed by atoms with E-state index in [9.17, 15) is 14.4 Å². The molecule has 0 amide bonds. The zero-order chi connectivity index (χ0) is 17.6. The molecule has 3 N–H and O–H groups in total. The van der Waals surface area contributed by atoms with E-state index in [4.69, 9.17) is 15.3 Å². The van der Waals surface area contributed by atoms with Crippen LogP contribution in [0.5, 0.6) is 0 Å². The van der Waals surface area contributed by atoms with Crippen LogP contribution in [0.3, 0.4) is 0 Å². The van der Waals surface area contributed by atoms with Crippen LogP contribution in [-0.2, 0) is 14.4 Å². The molecule has 0 saturated heterocycles. The molecule has 0 rings (SSSR count). The van der Waals surface area contributed by atoms with Gasteiger partial charge >= 0.3 is 0 Å². The fourth-order valence-electron chi connectivity index (χ4n) is 0.882. The van der Waals surface area contributed by atoms with Gasteiger partial charge in [-0.1, -0.05) is 0 Å². The van der Waals surface area contributed by atoms with Gasteiger partial charge < -0.3 is 15.3 Å². The van der Waals surface area contributed by atoms with E-state index in [1.54, 1.807) is 0 Å². The number of aliphatic hydroxyl groups is 3. The molecule has 0 aliphatic carbocycles. The third kappa shape index (κ3) is 51.0. The number of hydrogen-bond donors (Lipinski definition) is 3. The van der Waals surface area contributed by atoms with Crippen molar-refractivity contribution in [3.63, 3.8) is 0 Å². The number of allylic oxidation sites excluding steroid dienone is 6. The van der Waals surface area contributed by atoms with Gasteiger partial charge in [0.25, 0.3) is 0 Å². The van der Waals surface area contributed by atoms with Crippen molar-refractivity contribution < 1.29 is 66.6 Å². The maximum atomic E-state index is 10.0. The summed E-state index contributed by atoms with van der Waals surface area (Å²) in [5.74, 6) is -0.187. The average molecular weight is 475 g/mol. The second kappa shape index (κ2) is 17.9. The molecule has 0 aromatic carbocycles. The second-order valence-corrected chi connectivity index (χ2v) is 4.19. The van der Waals surface area contributed by atoms with E-state index in [2.05, 4.69) is 0 Å². The Balaban J connectivity index is -0.000000108. The molecule has 22 heavy (non-hydrogen) atoms. The van der Waals surface area contributed by atoms with E-state index >= 15 is 0 Å². The fourth-order valence-corrected chi connectivity index (χ4v) is 0.882. The van der Waals surface area contributed by atoms with Gasteiger partial charge in [0, 0.05) is 55.1 Å². The van der Waals surface area contributed by atoms with Gasteiger partial charge in [-0.15, -0.1) is 0 Å². The van der Waals surface area contributed by atoms with Crippen molar-refractivity contribution in [2.45, 2.75) is 41.5 Å². The third-order valence-electron chi connectivity index (χ3n) is 1.24. The summed E-state index contributed by atoms with van der Waals surface area (Å²) in [6.45, 7) is 8.54. The predicted molar refractivity (Wildman–Crippen MR) is 81.2 cm³/mol. The molecule has 0 fully saturated rings. The summed E-state index contributed by atoms with van der Waals surface area (Å²) >= 11 is 0. The molecule has 6 nitrogen and oxygen atoms in total. The number of rotatable bonds is 3. The van der Waals surface area contributed by atoms with Crippen molar-refractivity contribution >= 4 is 17.3 Å². The summed E-state index contributed by atoms with van der Waals surface area (Å²) in [6.07, 6.45) is 3.50. The monoisotopic (exact) mass is 475 g/mol. The summed E-state index contributed by atoms with van der Waals surface area (Å²) in [7, 11) is 0.